The number of carboxylic acid groups (broad SMARTS) is 1. The SMILES string of the molecule is CC1N=c2ccc(F)c(S(=O)(=O)c3cccc4cccnc34)c2=C1CC(=O)O. The Labute approximate surface area is 159 Å². The molecule has 1 aliphatic rings. The third kappa shape index (κ3) is 2.77. The molecule has 0 saturated heterocycles. The van der Waals surface area contributed by atoms with Gasteiger partial charge in [0.05, 0.1) is 28.2 Å². The van der Waals surface area contributed by atoms with Crippen molar-refractivity contribution in [3.63, 3.8) is 0 Å². The van der Waals surface area contributed by atoms with E-state index in [0.717, 1.165) is 6.07 Å². The zero-order chi connectivity index (χ0) is 20.1. The van der Waals surface area contributed by atoms with Crippen molar-refractivity contribution in [1.29, 1.82) is 0 Å². The van der Waals surface area contributed by atoms with Crippen molar-refractivity contribution in [3.8, 4) is 0 Å². The molecule has 2 heterocycles. The second-order valence-electron chi connectivity index (χ2n) is 6.51. The largest absolute Gasteiger partial charge is 0.481 e. The van der Waals surface area contributed by atoms with Gasteiger partial charge in [0.25, 0.3) is 0 Å². The third-order valence-electron chi connectivity index (χ3n) is 4.74. The molecule has 0 radical (unpaired) electrons. The van der Waals surface area contributed by atoms with Gasteiger partial charge in [0.2, 0.25) is 9.84 Å². The molecule has 1 N–H and O–H groups in total. The van der Waals surface area contributed by atoms with Gasteiger partial charge in [0.15, 0.2) is 0 Å². The summed E-state index contributed by atoms with van der Waals surface area (Å²) in [4.78, 5) is 19.1. The number of aliphatic carboxylic acids is 1. The number of halogens is 1. The third-order valence-corrected chi connectivity index (χ3v) is 6.59. The Kier molecular flexibility index (Phi) is 4.23. The predicted molar refractivity (Wildman–Crippen MR) is 99.5 cm³/mol. The van der Waals surface area contributed by atoms with Crippen LogP contribution in [0, 0.1) is 5.82 Å². The van der Waals surface area contributed by atoms with Gasteiger partial charge >= 0.3 is 5.97 Å². The first-order valence-electron chi connectivity index (χ1n) is 8.51. The number of sulfone groups is 1. The van der Waals surface area contributed by atoms with E-state index in [2.05, 4.69) is 9.98 Å². The van der Waals surface area contributed by atoms with Crippen LogP contribution in [0.2, 0.25) is 0 Å². The second kappa shape index (κ2) is 6.49. The molecule has 0 aliphatic carbocycles. The number of carbonyl (C=O) groups is 1. The van der Waals surface area contributed by atoms with Crippen molar-refractivity contribution < 1.29 is 22.7 Å². The number of rotatable bonds is 4. The van der Waals surface area contributed by atoms with Crippen LogP contribution >= 0.6 is 0 Å². The lowest BCUT2D eigenvalue weighted by atomic mass is 10.0. The molecule has 1 aliphatic heterocycles. The summed E-state index contributed by atoms with van der Waals surface area (Å²) < 4.78 is 41.8. The molecule has 3 aromatic rings. The van der Waals surface area contributed by atoms with Gasteiger partial charge in [-0.05, 0) is 36.8 Å². The summed E-state index contributed by atoms with van der Waals surface area (Å²) in [5, 5.41) is 10.1. The maximum absolute atomic E-state index is 14.9. The van der Waals surface area contributed by atoms with Gasteiger partial charge in [-0.2, -0.15) is 0 Å². The molecule has 0 bridgehead atoms. The first-order chi connectivity index (χ1) is 13.3. The standard InChI is InChI=1S/C20H15FN2O4S/c1-11-13(10-17(24)25)18-15(23-11)8-7-14(21)20(18)28(26,27)16-6-2-4-12-5-3-9-22-19(12)16/h2-9,11H,10H2,1H3,(H,24,25). The topological polar surface area (TPSA) is 96.7 Å². The Bertz CT molecular complexity index is 1360. The van der Waals surface area contributed by atoms with E-state index in [1.165, 1.54) is 18.3 Å². The molecule has 8 heteroatoms. The van der Waals surface area contributed by atoms with Crippen molar-refractivity contribution in [1.82, 2.24) is 4.98 Å². The molecular formula is C20H15FN2O4S. The molecule has 1 unspecified atom stereocenters. The van der Waals surface area contributed by atoms with Crippen LogP contribution in [-0.4, -0.2) is 30.5 Å². The molecule has 0 spiro atoms. The van der Waals surface area contributed by atoms with Gasteiger partial charge in [-0.25, -0.2) is 12.8 Å². The molecule has 6 nitrogen and oxygen atoms in total. The number of nitrogens with zero attached hydrogens (tertiary/aromatic N) is 2. The highest BCUT2D eigenvalue weighted by atomic mass is 32.2. The smallest absolute Gasteiger partial charge is 0.307 e. The first kappa shape index (κ1) is 18.2. The van der Waals surface area contributed by atoms with E-state index in [9.17, 15) is 22.7 Å². The lowest BCUT2D eigenvalue weighted by molar-refractivity contribution is -0.135. The maximum atomic E-state index is 14.9. The highest BCUT2D eigenvalue weighted by Crippen LogP contribution is 2.27. The molecule has 1 aromatic heterocycles. The number of aromatic nitrogens is 1. The van der Waals surface area contributed by atoms with Crippen molar-refractivity contribution >= 4 is 32.3 Å². The van der Waals surface area contributed by atoms with E-state index < -0.39 is 39.0 Å². The number of para-hydroxylation sites is 1. The van der Waals surface area contributed by atoms with Crippen LogP contribution in [-0.2, 0) is 14.6 Å². The average Bonchev–Trinajstić information content (AvgIpc) is 2.96. The average molecular weight is 398 g/mol. The monoisotopic (exact) mass is 398 g/mol. The van der Waals surface area contributed by atoms with Crippen LogP contribution in [0.15, 0.2) is 63.4 Å². The van der Waals surface area contributed by atoms with Crippen LogP contribution in [0.25, 0.3) is 16.5 Å². The molecule has 0 saturated carbocycles. The number of carboxylic acids is 1. The molecule has 2 aromatic carbocycles. The van der Waals surface area contributed by atoms with Crippen LogP contribution in [0.3, 0.4) is 0 Å². The predicted octanol–water partition coefficient (Wildman–Crippen LogP) is 1.85. The number of hydrogen-bond donors (Lipinski definition) is 1. The van der Waals surface area contributed by atoms with Crippen LogP contribution in [0.1, 0.15) is 13.3 Å². The van der Waals surface area contributed by atoms with Gasteiger partial charge in [-0.1, -0.05) is 18.2 Å². The minimum Gasteiger partial charge on any atom is -0.481 e. The van der Waals surface area contributed by atoms with Gasteiger partial charge in [-0.15, -0.1) is 0 Å². The Morgan fingerprint density at radius 1 is 1.18 bits per heavy atom. The number of hydrogen-bond acceptors (Lipinski definition) is 5. The summed E-state index contributed by atoms with van der Waals surface area (Å²) in [6.45, 7) is 1.66. The second-order valence-corrected chi connectivity index (χ2v) is 8.36. The van der Waals surface area contributed by atoms with Crippen LogP contribution in [0.4, 0.5) is 4.39 Å². The lowest BCUT2D eigenvalue weighted by Crippen LogP contribution is -2.32. The van der Waals surface area contributed by atoms with E-state index in [1.54, 1.807) is 31.2 Å². The van der Waals surface area contributed by atoms with Gasteiger partial charge in [0.1, 0.15) is 10.7 Å². The summed E-state index contributed by atoms with van der Waals surface area (Å²) in [5.41, 5.74) is 0.499. The Morgan fingerprint density at radius 3 is 2.68 bits per heavy atom. The van der Waals surface area contributed by atoms with Crippen LogP contribution in [0.5, 0.6) is 0 Å². The summed E-state index contributed by atoms with van der Waals surface area (Å²) in [5.74, 6) is -2.08. The van der Waals surface area contributed by atoms with Crippen molar-refractivity contribution in [2.75, 3.05) is 0 Å². The normalized spacial score (nSPS) is 16.1. The Balaban J connectivity index is 2.12. The quantitative estimate of drug-likeness (QED) is 0.724. The van der Waals surface area contributed by atoms with E-state index in [-0.39, 0.29) is 26.6 Å². The van der Waals surface area contributed by atoms with E-state index in [1.807, 2.05) is 0 Å². The zero-order valence-electron chi connectivity index (χ0n) is 14.8. The number of pyridine rings is 1. The lowest BCUT2D eigenvalue weighted by Gasteiger charge is -2.11. The first-order valence-corrected chi connectivity index (χ1v) is 9.99. The molecule has 142 valence electrons. The van der Waals surface area contributed by atoms with E-state index >= 15 is 0 Å². The summed E-state index contributed by atoms with van der Waals surface area (Å²) in [6, 6.07) is 9.91. The minimum atomic E-state index is -4.32. The van der Waals surface area contributed by atoms with Crippen molar-refractivity contribution in [2.45, 2.75) is 29.2 Å². The fourth-order valence-corrected chi connectivity index (χ4v) is 5.26. The molecule has 1 atom stereocenters. The van der Waals surface area contributed by atoms with Gasteiger partial charge in [0, 0.05) is 16.8 Å². The highest BCUT2D eigenvalue weighted by Gasteiger charge is 2.30. The Hall–Kier alpha value is -3.13. The van der Waals surface area contributed by atoms with E-state index in [0.29, 0.717) is 5.39 Å². The Morgan fingerprint density at radius 2 is 1.93 bits per heavy atom. The highest BCUT2D eigenvalue weighted by molar-refractivity contribution is 7.91. The van der Waals surface area contributed by atoms with Gasteiger partial charge < -0.3 is 5.11 Å². The van der Waals surface area contributed by atoms with E-state index in [4.69, 9.17) is 0 Å². The molecule has 0 fully saturated rings. The van der Waals surface area contributed by atoms with Crippen molar-refractivity contribution in [2.24, 2.45) is 4.99 Å². The molecular weight excluding hydrogens is 383 g/mol. The number of fused-ring (bicyclic) bond motifs is 2. The minimum absolute atomic E-state index is 0.0443. The molecule has 28 heavy (non-hydrogen) atoms. The summed E-state index contributed by atoms with van der Waals surface area (Å²) >= 11 is 0. The van der Waals surface area contributed by atoms with Gasteiger partial charge in [-0.3, -0.25) is 14.8 Å². The fourth-order valence-electron chi connectivity index (χ4n) is 3.52. The zero-order valence-corrected chi connectivity index (χ0v) is 15.6. The fraction of sp³-hybridized carbons (Fsp3) is 0.150. The van der Waals surface area contributed by atoms with Crippen LogP contribution < -0.4 is 10.6 Å². The summed E-state index contributed by atoms with van der Waals surface area (Å²) in [6.07, 6.45) is 1.05. The summed E-state index contributed by atoms with van der Waals surface area (Å²) in [7, 11) is -4.32. The molecule has 0 amide bonds. The molecule has 4 rings (SSSR count). The maximum Gasteiger partial charge on any atom is 0.307 e. The van der Waals surface area contributed by atoms with Crippen molar-refractivity contribution in [3.05, 3.63) is 65.1 Å². The number of benzene rings is 2.